The Morgan fingerprint density at radius 2 is 1.35 bits per heavy atom. The molecule has 178 valence electrons. The highest BCUT2D eigenvalue weighted by molar-refractivity contribution is 5.28. The van der Waals surface area contributed by atoms with Crippen molar-refractivity contribution in [2.24, 2.45) is 5.92 Å². The molecule has 1 aliphatic heterocycles. The fourth-order valence-electron chi connectivity index (χ4n) is 4.66. The van der Waals surface area contributed by atoms with Crippen molar-refractivity contribution in [2.75, 3.05) is 32.8 Å². The monoisotopic (exact) mass is 430 g/mol. The van der Waals surface area contributed by atoms with Gasteiger partial charge in [-0.3, -0.25) is 9.80 Å². The summed E-state index contributed by atoms with van der Waals surface area (Å²) in [6.07, 6.45) is 2.24. The predicted molar refractivity (Wildman–Crippen MR) is 135 cm³/mol. The van der Waals surface area contributed by atoms with Gasteiger partial charge in [0.05, 0.1) is 5.60 Å². The van der Waals surface area contributed by atoms with E-state index in [1.54, 1.807) is 0 Å². The molecule has 2 rings (SSSR count). The van der Waals surface area contributed by atoms with Gasteiger partial charge in [0, 0.05) is 43.9 Å². The summed E-state index contributed by atoms with van der Waals surface area (Å²) in [5.41, 5.74) is 2.90. The summed E-state index contributed by atoms with van der Waals surface area (Å²) in [6.45, 7) is 28.5. The lowest BCUT2D eigenvalue weighted by Gasteiger charge is -2.49. The van der Waals surface area contributed by atoms with E-state index in [1.165, 1.54) is 11.1 Å². The molecule has 1 unspecified atom stereocenters. The molecule has 3 heteroatoms. The van der Waals surface area contributed by atoms with Crippen molar-refractivity contribution in [3.05, 3.63) is 35.4 Å². The molecule has 1 fully saturated rings. The average Bonchev–Trinajstić information content (AvgIpc) is 2.72. The Balaban J connectivity index is 1.93. The van der Waals surface area contributed by atoms with E-state index in [-0.39, 0.29) is 16.7 Å². The maximum absolute atomic E-state index is 6.49. The summed E-state index contributed by atoms with van der Waals surface area (Å²) < 4.78 is 6.49. The van der Waals surface area contributed by atoms with Gasteiger partial charge in [0.1, 0.15) is 0 Å². The molecule has 0 aromatic heterocycles. The van der Waals surface area contributed by atoms with Gasteiger partial charge in [-0.1, -0.05) is 52.0 Å². The first-order chi connectivity index (χ1) is 14.3. The first-order valence-electron chi connectivity index (χ1n) is 12.5. The van der Waals surface area contributed by atoms with Crippen LogP contribution in [0.5, 0.6) is 0 Å². The summed E-state index contributed by atoms with van der Waals surface area (Å²) in [5, 5.41) is 0. The first kappa shape index (κ1) is 26.4. The molecule has 3 nitrogen and oxygen atoms in total. The van der Waals surface area contributed by atoms with E-state index >= 15 is 0 Å². The quantitative estimate of drug-likeness (QED) is 0.435. The maximum Gasteiger partial charge on any atom is 0.0875 e. The van der Waals surface area contributed by atoms with Gasteiger partial charge in [-0.2, -0.15) is 0 Å². The van der Waals surface area contributed by atoms with E-state index < -0.39 is 0 Å². The van der Waals surface area contributed by atoms with Crippen LogP contribution in [0.4, 0.5) is 0 Å². The number of piperazine rings is 1. The van der Waals surface area contributed by atoms with Gasteiger partial charge in [-0.15, -0.1) is 0 Å². The Morgan fingerprint density at radius 1 is 0.839 bits per heavy atom. The lowest BCUT2D eigenvalue weighted by molar-refractivity contribution is -0.0535. The van der Waals surface area contributed by atoms with E-state index in [0.717, 1.165) is 45.6 Å². The molecule has 1 aromatic rings. The molecule has 1 aromatic carbocycles. The molecular weight excluding hydrogens is 380 g/mol. The molecule has 0 amide bonds. The van der Waals surface area contributed by atoms with Gasteiger partial charge in [-0.25, -0.2) is 0 Å². The Morgan fingerprint density at radius 3 is 1.81 bits per heavy atom. The second-order valence-corrected chi connectivity index (χ2v) is 11.8. The van der Waals surface area contributed by atoms with Crippen molar-refractivity contribution < 1.29 is 4.74 Å². The van der Waals surface area contributed by atoms with Crippen molar-refractivity contribution in [2.45, 2.75) is 105 Å². The highest BCUT2D eigenvalue weighted by Crippen LogP contribution is 2.31. The van der Waals surface area contributed by atoms with Crippen LogP contribution >= 0.6 is 0 Å². The van der Waals surface area contributed by atoms with Gasteiger partial charge in [-0.05, 0) is 77.3 Å². The van der Waals surface area contributed by atoms with Crippen LogP contribution < -0.4 is 0 Å². The number of rotatable bonds is 9. The van der Waals surface area contributed by atoms with Crippen molar-refractivity contribution in [1.82, 2.24) is 9.80 Å². The minimum Gasteiger partial charge on any atom is -0.371 e. The highest BCUT2D eigenvalue weighted by atomic mass is 16.5. The molecule has 0 spiro atoms. The summed E-state index contributed by atoms with van der Waals surface area (Å²) in [7, 11) is 0. The molecule has 0 bridgehead atoms. The minimum absolute atomic E-state index is 0.205. The van der Waals surface area contributed by atoms with E-state index in [4.69, 9.17) is 4.74 Å². The fourth-order valence-corrected chi connectivity index (χ4v) is 4.66. The van der Waals surface area contributed by atoms with Crippen molar-refractivity contribution in [1.29, 1.82) is 0 Å². The summed E-state index contributed by atoms with van der Waals surface area (Å²) >= 11 is 0. The smallest absolute Gasteiger partial charge is 0.0875 e. The third kappa shape index (κ3) is 6.79. The van der Waals surface area contributed by atoms with Gasteiger partial charge < -0.3 is 4.74 Å². The molecule has 2 atom stereocenters. The first-order valence-corrected chi connectivity index (χ1v) is 12.5. The third-order valence-corrected chi connectivity index (χ3v) is 7.99. The normalized spacial score (nSPS) is 20.1. The minimum atomic E-state index is -0.265. The van der Waals surface area contributed by atoms with E-state index in [1.807, 2.05) is 0 Å². The molecule has 0 aliphatic carbocycles. The van der Waals surface area contributed by atoms with E-state index in [2.05, 4.69) is 103 Å². The second-order valence-electron chi connectivity index (χ2n) is 11.8. The molecular formula is C28H50N2O. The number of nitrogens with zero attached hydrogens (tertiary/aromatic N) is 2. The van der Waals surface area contributed by atoms with Gasteiger partial charge in [0.25, 0.3) is 0 Å². The molecule has 1 aliphatic rings. The van der Waals surface area contributed by atoms with Crippen LogP contribution in [-0.2, 0) is 10.3 Å². The largest absolute Gasteiger partial charge is 0.371 e. The van der Waals surface area contributed by atoms with Crippen LogP contribution in [0.3, 0.4) is 0 Å². The Kier molecular flexibility index (Phi) is 8.81. The lowest BCUT2D eigenvalue weighted by Crippen LogP contribution is -2.59. The molecule has 0 radical (unpaired) electrons. The fraction of sp³-hybridized carbons (Fsp3) is 0.786. The van der Waals surface area contributed by atoms with Crippen LogP contribution in [-0.4, -0.2) is 53.7 Å². The zero-order valence-electron chi connectivity index (χ0n) is 22.2. The van der Waals surface area contributed by atoms with Crippen LogP contribution in [0.1, 0.15) is 99.1 Å². The number of benzene rings is 1. The Bertz CT molecular complexity index is 665. The number of hydrogen-bond acceptors (Lipinski definition) is 3. The van der Waals surface area contributed by atoms with Crippen LogP contribution in [0.2, 0.25) is 0 Å². The SMILES string of the molecule is CCC(C)(CCOC(C)(C)c1ccc([C@@H](C)C(C)C)cc1)N1CCN(C(C)(C)C)CC1. The zero-order chi connectivity index (χ0) is 23.4. The Hall–Kier alpha value is -0.900. The lowest BCUT2D eigenvalue weighted by atomic mass is 9.88. The second kappa shape index (κ2) is 10.4. The molecule has 31 heavy (non-hydrogen) atoms. The summed E-state index contributed by atoms with van der Waals surface area (Å²) in [5.74, 6) is 1.24. The van der Waals surface area contributed by atoms with Crippen LogP contribution in [0, 0.1) is 5.92 Å². The standard InChI is InChI=1S/C28H50N2O/c1-11-28(10,30-19-17-29(18-20-30)26(5,6)7)16-21-31-27(8,9)25-14-12-24(13-15-25)23(4)22(2)3/h12-15,22-23H,11,16-21H2,1-10H3/t23-,28?/m0/s1. The molecule has 1 saturated heterocycles. The topological polar surface area (TPSA) is 15.7 Å². The van der Waals surface area contributed by atoms with Crippen molar-refractivity contribution in [3.8, 4) is 0 Å². The Labute approximate surface area is 193 Å². The van der Waals surface area contributed by atoms with E-state index in [0.29, 0.717) is 11.8 Å². The van der Waals surface area contributed by atoms with Crippen molar-refractivity contribution >= 4 is 0 Å². The summed E-state index contributed by atoms with van der Waals surface area (Å²) in [6, 6.07) is 9.10. The highest BCUT2D eigenvalue weighted by Gasteiger charge is 2.35. The molecule has 0 N–H and O–H groups in total. The third-order valence-electron chi connectivity index (χ3n) is 7.99. The van der Waals surface area contributed by atoms with Crippen LogP contribution in [0.25, 0.3) is 0 Å². The number of ether oxygens (including phenoxy) is 1. The molecule has 1 heterocycles. The molecule has 0 saturated carbocycles. The van der Waals surface area contributed by atoms with Crippen LogP contribution in [0.15, 0.2) is 24.3 Å². The van der Waals surface area contributed by atoms with Gasteiger partial charge in [0.15, 0.2) is 0 Å². The van der Waals surface area contributed by atoms with Gasteiger partial charge in [0.2, 0.25) is 0 Å². The maximum atomic E-state index is 6.49. The summed E-state index contributed by atoms with van der Waals surface area (Å²) in [4.78, 5) is 5.32. The predicted octanol–water partition coefficient (Wildman–Crippen LogP) is 6.67. The zero-order valence-corrected chi connectivity index (χ0v) is 22.2. The number of hydrogen-bond donors (Lipinski definition) is 0. The van der Waals surface area contributed by atoms with Gasteiger partial charge >= 0.3 is 0 Å². The average molecular weight is 431 g/mol. The van der Waals surface area contributed by atoms with Crippen molar-refractivity contribution in [3.63, 3.8) is 0 Å². The van der Waals surface area contributed by atoms with E-state index in [9.17, 15) is 0 Å².